The minimum Gasteiger partial charge on any atom is -0.444 e. The number of nitrogens with zero attached hydrogens (tertiary/aromatic N) is 2. The van der Waals surface area contributed by atoms with Crippen molar-refractivity contribution in [1.82, 2.24) is 9.88 Å². The lowest BCUT2D eigenvalue weighted by Crippen LogP contribution is -2.38. The number of likely N-dealkylation sites (N-methyl/N-ethyl adjacent to an activating group) is 1. The van der Waals surface area contributed by atoms with Gasteiger partial charge in [0.1, 0.15) is 12.1 Å². The van der Waals surface area contributed by atoms with Crippen LogP contribution in [0.15, 0.2) is 0 Å². The highest BCUT2D eigenvalue weighted by molar-refractivity contribution is 7.15. The quantitative estimate of drug-likeness (QED) is 0.900. The molecule has 1 aliphatic carbocycles. The zero-order valence-corrected chi connectivity index (χ0v) is 16.0. The highest BCUT2D eigenvalue weighted by Crippen LogP contribution is 2.33. The van der Waals surface area contributed by atoms with Crippen molar-refractivity contribution in [3.8, 4) is 0 Å². The smallest absolute Gasteiger partial charge is 0.410 e. The molecule has 0 aromatic carbocycles. The summed E-state index contributed by atoms with van der Waals surface area (Å²) in [4.78, 5) is 31.1. The van der Waals surface area contributed by atoms with Gasteiger partial charge in [0.25, 0.3) is 0 Å². The van der Waals surface area contributed by atoms with Gasteiger partial charge in [0, 0.05) is 11.9 Å². The third-order valence-corrected chi connectivity index (χ3v) is 4.99. The van der Waals surface area contributed by atoms with Gasteiger partial charge in [-0.1, -0.05) is 13.3 Å². The Morgan fingerprint density at radius 2 is 2.12 bits per heavy atom. The van der Waals surface area contributed by atoms with E-state index in [1.807, 2.05) is 0 Å². The first-order chi connectivity index (χ1) is 11.2. The minimum absolute atomic E-state index is 0.0588. The van der Waals surface area contributed by atoms with Crippen LogP contribution in [0.2, 0.25) is 0 Å². The zero-order valence-electron chi connectivity index (χ0n) is 15.1. The van der Waals surface area contributed by atoms with E-state index in [4.69, 9.17) is 4.74 Å². The average Bonchev–Trinajstić information content (AvgIpc) is 2.85. The third kappa shape index (κ3) is 5.19. The summed E-state index contributed by atoms with van der Waals surface area (Å²) in [7, 11) is 1.55. The highest BCUT2D eigenvalue weighted by atomic mass is 32.1. The summed E-state index contributed by atoms with van der Waals surface area (Å²) >= 11 is 1.55. The Kier molecular flexibility index (Phi) is 5.85. The van der Waals surface area contributed by atoms with Crippen molar-refractivity contribution < 1.29 is 14.3 Å². The van der Waals surface area contributed by atoms with E-state index in [1.54, 1.807) is 39.2 Å². The Morgan fingerprint density at radius 1 is 1.42 bits per heavy atom. The number of amides is 2. The second kappa shape index (κ2) is 7.51. The monoisotopic (exact) mass is 353 g/mol. The van der Waals surface area contributed by atoms with E-state index in [0.717, 1.165) is 24.5 Å². The number of hydrogen-bond donors (Lipinski definition) is 1. The number of carbonyl (C=O) groups is 2. The molecule has 1 heterocycles. The number of hydrogen-bond acceptors (Lipinski definition) is 5. The third-order valence-electron chi connectivity index (χ3n) is 3.95. The molecule has 0 saturated carbocycles. The summed E-state index contributed by atoms with van der Waals surface area (Å²) in [5, 5.41) is 3.42. The second-order valence-electron chi connectivity index (χ2n) is 7.29. The Morgan fingerprint density at radius 3 is 2.75 bits per heavy atom. The van der Waals surface area contributed by atoms with Crippen molar-refractivity contribution in [3.63, 3.8) is 0 Å². The lowest BCUT2D eigenvalue weighted by Gasteiger charge is -2.24. The summed E-state index contributed by atoms with van der Waals surface area (Å²) in [6, 6.07) is 0. The number of fused-ring (bicyclic) bond motifs is 1. The van der Waals surface area contributed by atoms with Crippen LogP contribution in [0, 0.1) is 5.92 Å². The van der Waals surface area contributed by atoms with Crippen LogP contribution in [0.4, 0.5) is 9.93 Å². The van der Waals surface area contributed by atoms with Gasteiger partial charge in [0.15, 0.2) is 5.13 Å². The first-order valence-electron chi connectivity index (χ1n) is 8.40. The van der Waals surface area contributed by atoms with E-state index in [9.17, 15) is 9.59 Å². The van der Waals surface area contributed by atoms with Gasteiger partial charge < -0.3 is 15.0 Å². The maximum atomic E-state index is 12.1. The van der Waals surface area contributed by atoms with E-state index >= 15 is 0 Å². The molecular formula is C17H27N3O3S. The Bertz CT molecular complexity index is 607. The van der Waals surface area contributed by atoms with Crippen LogP contribution in [0.3, 0.4) is 0 Å². The summed E-state index contributed by atoms with van der Waals surface area (Å²) in [6.07, 6.45) is 3.87. The van der Waals surface area contributed by atoms with Crippen molar-refractivity contribution in [2.75, 3.05) is 18.9 Å². The predicted molar refractivity (Wildman–Crippen MR) is 95.4 cm³/mol. The molecule has 1 N–H and O–H groups in total. The molecule has 1 aromatic heterocycles. The number of thiazole rings is 1. The topological polar surface area (TPSA) is 71.5 Å². The fourth-order valence-corrected chi connectivity index (χ4v) is 3.76. The van der Waals surface area contributed by atoms with Crippen molar-refractivity contribution >= 4 is 28.5 Å². The van der Waals surface area contributed by atoms with Gasteiger partial charge >= 0.3 is 6.09 Å². The SMILES string of the molecule is CCC1CCc2nc(NC(=O)CN(C)C(=O)OC(C)(C)C)sc2C1. The molecule has 0 saturated heterocycles. The van der Waals surface area contributed by atoms with E-state index in [-0.39, 0.29) is 12.5 Å². The Balaban J connectivity index is 1.89. The molecule has 0 radical (unpaired) electrons. The van der Waals surface area contributed by atoms with E-state index in [1.165, 1.54) is 22.6 Å². The standard InChI is InChI=1S/C17H27N3O3S/c1-6-11-7-8-12-13(9-11)24-15(18-12)19-14(21)10-20(5)16(22)23-17(2,3)4/h11H,6-10H2,1-5H3,(H,18,19,21). The van der Waals surface area contributed by atoms with Gasteiger partial charge in [0.2, 0.25) is 5.91 Å². The van der Waals surface area contributed by atoms with Crippen LogP contribution >= 0.6 is 11.3 Å². The molecule has 2 amide bonds. The van der Waals surface area contributed by atoms with E-state index in [2.05, 4.69) is 17.2 Å². The van der Waals surface area contributed by atoms with Crippen molar-refractivity contribution in [3.05, 3.63) is 10.6 Å². The zero-order chi connectivity index (χ0) is 17.9. The Hall–Kier alpha value is -1.63. The van der Waals surface area contributed by atoms with Gasteiger partial charge in [-0.2, -0.15) is 0 Å². The fraction of sp³-hybridized carbons (Fsp3) is 0.706. The van der Waals surface area contributed by atoms with E-state index < -0.39 is 11.7 Å². The van der Waals surface area contributed by atoms with Crippen molar-refractivity contribution in [2.24, 2.45) is 5.92 Å². The summed E-state index contributed by atoms with van der Waals surface area (Å²) in [6.45, 7) is 7.54. The lowest BCUT2D eigenvalue weighted by atomic mass is 9.89. The van der Waals surface area contributed by atoms with Crippen molar-refractivity contribution in [2.45, 2.75) is 59.0 Å². The average molecular weight is 353 g/mol. The molecule has 1 unspecified atom stereocenters. The molecule has 0 fully saturated rings. The minimum atomic E-state index is -0.577. The van der Waals surface area contributed by atoms with Crippen LogP contribution in [-0.2, 0) is 22.4 Å². The first kappa shape index (κ1) is 18.7. The first-order valence-corrected chi connectivity index (χ1v) is 9.22. The number of aryl methyl sites for hydroxylation is 1. The maximum Gasteiger partial charge on any atom is 0.410 e. The number of anilines is 1. The predicted octanol–water partition coefficient (Wildman–Crippen LogP) is 3.46. The molecule has 0 spiro atoms. The lowest BCUT2D eigenvalue weighted by molar-refractivity contribution is -0.117. The molecule has 1 aliphatic rings. The van der Waals surface area contributed by atoms with Crippen LogP contribution in [-0.4, -0.2) is 41.1 Å². The molecule has 134 valence electrons. The van der Waals surface area contributed by atoms with Gasteiger partial charge in [-0.05, 0) is 46.0 Å². The van der Waals surface area contributed by atoms with Gasteiger partial charge in [-0.25, -0.2) is 9.78 Å². The molecule has 1 atom stereocenters. The normalized spacial score (nSPS) is 17.1. The molecule has 24 heavy (non-hydrogen) atoms. The van der Waals surface area contributed by atoms with Crippen LogP contribution in [0.5, 0.6) is 0 Å². The molecule has 6 nitrogen and oxygen atoms in total. The number of rotatable bonds is 4. The number of nitrogens with one attached hydrogen (secondary N) is 1. The fourth-order valence-electron chi connectivity index (χ4n) is 2.62. The molecule has 0 bridgehead atoms. The van der Waals surface area contributed by atoms with Gasteiger partial charge in [-0.15, -0.1) is 11.3 Å². The largest absolute Gasteiger partial charge is 0.444 e. The van der Waals surface area contributed by atoms with Gasteiger partial charge in [-0.3, -0.25) is 4.79 Å². The van der Waals surface area contributed by atoms with Crippen LogP contribution in [0.25, 0.3) is 0 Å². The number of carbonyl (C=O) groups excluding carboxylic acids is 2. The number of ether oxygens (including phenoxy) is 1. The molecule has 0 aliphatic heterocycles. The van der Waals surface area contributed by atoms with E-state index in [0.29, 0.717) is 5.13 Å². The van der Waals surface area contributed by atoms with Crippen LogP contribution < -0.4 is 5.32 Å². The molecule has 7 heteroatoms. The Labute approximate surface area is 147 Å². The second-order valence-corrected chi connectivity index (χ2v) is 8.37. The van der Waals surface area contributed by atoms with Crippen molar-refractivity contribution in [1.29, 1.82) is 0 Å². The number of aromatic nitrogens is 1. The summed E-state index contributed by atoms with van der Waals surface area (Å²) < 4.78 is 5.23. The summed E-state index contributed by atoms with van der Waals surface area (Å²) in [5.41, 5.74) is 0.534. The molecule has 2 rings (SSSR count). The molecule has 1 aromatic rings. The van der Waals surface area contributed by atoms with Crippen LogP contribution in [0.1, 0.15) is 51.1 Å². The molecular weight excluding hydrogens is 326 g/mol. The maximum absolute atomic E-state index is 12.1. The van der Waals surface area contributed by atoms with Gasteiger partial charge in [0.05, 0.1) is 5.69 Å². The summed E-state index contributed by atoms with van der Waals surface area (Å²) in [5.74, 6) is 0.460. The highest BCUT2D eigenvalue weighted by Gasteiger charge is 2.24.